The van der Waals surface area contributed by atoms with E-state index in [4.69, 9.17) is 0 Å². The van der Waals surface area contributed by atoms with Crippen LogP contribution in [0, 0.1) is 0 Å². The molecule has 0 radical (unpaired) electrons. The zero-order valence-electron chi connectivity index (χ0n) is 53.2. The fraction of sp³-hybridized carbons (Fsp3) is 0. The van der Waals surface area contributed by atoms with Crippen LogP contribution in [0.25, 0.3) is 0 Å². The van der Waals surface area contributed by atoms with E-state index < -0.39 is 0 Å². The lowest BCUT2D eigenvalue weighted by molar-refractivity contribution is 3.16. The maximum absolute atomic E-state index is 2.76. The van der Waals surface area contributed by atoms with Gasteiger partial charge in [-0.1, -0.05) is 0 Å². The molecule has 0 unspecified atom stereocenters. The van der Waals surface area contributed by atoms with Gasteiger partial charge in [0, 0.05) is 211 Å². The molecular formula is H69B67. The minimum absolute atomic E-state index is 0.591. The summed E-state index contributed by atoms with van der Waals surface area (Å²) in [6, 6.07) is 0. The molecule has 0 atom stereocenters. The Kier molecular flexibility index (Phi) is 35.1. The summed E-state index contributed by atoms with van der Waals surface area (Å²) in [6.07, 6.45) is 20.0. The van der Waals surface area contributed by atoms with Gasteiger partial charge in [-0.2, -0.15) is 0 Å². The van der Waals surface area contributed by atoms with Crippen molar-refractivity contribution in [1.82, 2.24) is 0 Å². The predicted molar refractivity (Wildman–Crippen MR) is 482 cm³/mol. The van der Waals surface area contributed by atoms with Gasteiger partial charge in [-0.15, -0.1) is 0 Å². The summed E-state index contributed by atoms with van der Waals surface area (Å²) in [5.41, 5.74) is 0. The van der Waals surface area contributed by atoms with Gasteiger partial charge in [-0.3, -0.25) is 0 Å². The van der Waals surface area contributed by atoms with Gasteiger partial charge in [-0.25, -0.2) is 0 Å². The van der Waals surface area contributed by atoms with Crippen LogP contribution < -0.4 is 0 Å². The molecule has 270 valence electrons. The predicted octanol–water partition coefficient (Wildman–Crippen LogP) is -44.0. The van der Waals surface area contributed by atoms with Crippen molar-refractivity contribution in [1.29, 1.82) is 0 Å². The van der Waals surface area contributed by atoms with Crippen molar-refractivity contribution in [2.24, 2.45) is 0 Å². The topological polar surface area (TPSA) is 0 Å². The Morgan fingerprint density at radius 1 is 0.134 bits per heavy atom. The Morgan fingerprint density at radius 3 is 0.328 bits per heavy atom. The lowest BCUT2D eigenvalue weighted by Crippen LogP contribution is -2.98. The second kappa shape index (κ2) is 32.9. The van der Waals surface area contributed by atoms with Crippen molar-refractivity contribution >= 4 is 474 Å². The summed E-state index contributed by atoms with van der Waals surface area (Å²) in [6.45, 7) is 0. The molecule has 0 aromatic carbocycles. The van der Waals surface area contributed by atoms with E-state index in [-0.39, 0.29) is 0 Å². The van der Waals surface area contributed by atoms with Crippen LogP contribution in [0.3, 0.4) is 0 Å². The lowest BCUT2D eigenvalue weighted by atomic mass is 8.22. The lowest BCUT2D eigenvalue weighted by Gasteiger charge is -2.59. The Hall–Kier alpha value is 4.35. The molecule has 0 aliphatic heterocycles. The number of rotatable bonds is 32. The second-order valence-corrected chi connectivity index (χ2v) is 30.0. The van der Waals surface area contributed by atoms with Gasteiger partial charge in [0.1, 0.15) is 0 Å². The first-order chi connectivity index (χ1) is 30.5. The molecule has 0 bridgehead atoms. The van der Waals surface area contributed by atoms with Crippen LogP contribution in [0.1, 0.15) is 0 Å². The summed E-state index contributed by atoms with van der Waals surface area (Å²) < 4.78 is 0. The minimum Gasteiger partial charge on any atom is 0.00000616 e. The molecule has 67 heteroatoms. The highest BCUT2D eigenvalue weighted by Crippen LogP contribution is 2.25. The van der Waals surface area contributed by atoms with Crippen molar-refractivity contribution in [2.75, 3.05) is 0 Å². The van der Waals surface area contributed by atoms with Crippen LogP contribution in [-0.4, -0.2) is 474 Å². The van der Waals surface area contributed by atoms with E-state index in [1.165, 1.54) is 7.06 Å². The molecule has 0 N–H and O–H groups in total. The van der Waals surface area contributed by atoms with Crippen molar-refractivity contribution in [2.45, 2.75) is 0 Å². The van der Waals surface area contributed by atoms with E-state index in [9.17, 15) is 0 Å². The standard InChI is InChI=1S/B67H69/c1-35-52(34)61(53(36(2)3)37(4)5)65(60(50(30)31)51(32)33)67(64(58(46(22)23)47(24)25)59(48(26)27)49(28)29)66(62(54(38(6)7)39(8)9)55(40(10)11)41(12)13)63(56(42(14)15)43(16)17)57(44(18)19)45(20)21/h35H,1-34H2. The summed E-state index contributed by atoms with van der Waals surface area (Å²) in [7, 11) is 92.2. The van der Waals surface area contributed by atoms with Gasteiger partial charge >= 0.3 is 0 Å². The van der Waals surface area contributed by atoms with E-state index in [1.807, 2.05) is 0 Å². The summed E-state index contributed by atoms with van der Waals surface area (Å²) >= 11 is 0. The van der Waals surface area contributed by atoms with Gasteiger partial charge in [0.15, 0.2) is 0 Å². The molecule has 67 heavy (non-hydrogen) atoms. The van der Waals surface area contributed by atoms with Crippen LogP contribution in [0.4, 0.5) is 0 Å². The maximum Gasteiger partial charge on any atom is 0.0594 e. The molecular weight excluding hydrogens is 724 g/mol. The monoisotopic (exact) mass is 807 g/mol. The number of hydrogen-bond donors (Lipinski definition) is 0. The molecule has 0 saturated carbocycles. The normalized spacial score (nSPS) is 9.73. The molecule has 0 spiro atoms. The Balaban J connectivity index is 11.4. The van der Waals surface area contributed by atoms with Gasteiger partial charge in [0.2, 0.25) is 0 Å². The van der Waals surface area contributed by atoms with Crippen LogP contribution in [0.2, 0.25) is 0 Å². The Labute approximate surface area is 470 Å². The van der Waals surface area contributed by atoms with Crippen LogP contribution in [-0.2, 0) is 0 Å². The van der Waals surface area contributed by atoms with E-state index >= 15 is 0 Å². The molecule has 0 nitrogen and oxygen atoms in total. The average Bonchev–Trinajstić information content (AvgIpc) is 3.11. The fourth-order valence-corrected chi connectivity index (χ4v) is 19.2. The molecule has 0 fully saturated rings. The van der Waals surface area contributed by atoms with E-state index in [1.54, 1.807) is 0 Å². The van der Waals surface area contributed by atoms with E-state index in [0.717, 1.165) is 0 Å². The fourth-order valence-electron chi connectivity index (χ4n) is 19.2. The van der Waals surface area contributed by atoms with Crippen LogP contribution in [0.15, 0.2) is 0 Å². The summed E-state index contributed by atoms with van der Waals surface area (Å²) in [4.78, 5) is 0. The first-order valence-corrected chi connectivity index (χ1v) is 30.5. The minimum atomic E-state index is 0.591. The zero-order chi connectivity index (χ0) is 53.2. The van der Waals surface area contributed by atoms with Crippen molar-refractivity contribution in [3.63, 3.8) is 0 Å². The highest BCUT2D eigenvalue weighted by molar-refractivity contribution is 8.39. The van der Waals surface area contributed by atoms with Gasteiger partial charge in [0.05, 0.1) is 263 Å². The third-order valence-electron chi connectivity index (χ3n) is 19.8. The number of hydrogen-bond acceptors (Lipinski definition) is 0. The van der Waals surface area contributed by atoms with Gasteiger partial charge in [-0.05, 0) is 0 Å². The van der Waals surface area contributed by atoms with Crippen LogP contribution >= 0.6 is 0 Å². The third kappa shape index (κ3) is 19.3. The molecule has 0 aliphatic carbocycles. The molecule has 0 amide bonds. The molecule has 0 heterocycles. The molecule has 0 aromatic rings. The van der Waals surface area contributed by atoms with Crippen molar-refractivity contribution in [3.8, 4) is 0 Å². The Morgan fingerprint density at radius 2 is 0.224 bits per heavy atom. The second-order valence-electron chi connectivity index (χ2n) is 30.0. The first kappa shape index (κ1) is 71.4. The molecule has 0 saturated heterocycles. The average molecular weight is 794 g/mol. The zero-order valence-corrected chi connectivity index (χ0v) is 53.2. The highest BCUT2D eigenvalue weighted by Gasteiger charge is 2.64. The maximum atomic E-state index is 2.76. The van der Waals surface area contributed by atoms with E-state index in [0.29, 0.717) is 204 Å². The summed E-state index contributed by atoms with van der Waals surface area (Å²) in [5, 5.41) is 0. The highest BCUT2D eigenvalue weighted by atomic mass is 13.4. The van der Waals surface area contributed by atoms with Crippen molar-refractivity contribution in [3.05, 3.63) is 0 Å². The SMILES string of the molecule is BBB(B)B(B(B(B)B)B(B)B)B(B(B(B)B)B(B)B)B(B(B(B(B)B)B(B)B)B(B(B)B)B(B)B)B(B(B(B(B)B)B(B)B)B(B(B)B)B(B)B)B(B(B(B)B)B(B)B)B(B(B)B)B(B)B. The van der Waals surface area contributed by atoms with Gasteiger partial charge in [0.25, 0.3) is 0 Å². The van der Waals surface area contributed by atoms with Gasteiger partial charge < -0.3 is 0 Å². The third-order valence-corrected chi connectivity index (χ3v) is 19.8. The molecule has 0 aromatic heterocycles. The largest absolute Gasteiger partial charge is 0.0594 e. The Bertz CT molecular complexity index is 1080. The molecule has 0 aliphatic rings. The molecule has 0 rings (SSSR count). The smallest absolute Gasteiger partial charge is 0.00000616 e. The van der Waals surface area contributed by atoms with E-state index in [2.05, 4.69) is 263 Å². The van der Waals surface area contributed by atoms with Crippen LogP contribution in [0.5, 0.6) is 0 Å². The first-order valence-electron chi connectivity index (χ1n) is 30.5. The quantitative estimate of drug-likeness (QED) is 0.0595. The van der Waals surface area contributed by atoms with Crippen molar-refractivity contribution < 1.29 is 0 Å². The summed E-state index contributed by atoms with van der Waals surface area (Å²) in [5.74, 6) is 0.